The van der Waals surface area contributed by atoms with Crippen molar-refractivity contribution in [3.05, 3.63) is 30.1 Å². The second-order valence-electron chi connectivity index (χ2n) is 6.14. The van der Waals surface area contributed by atoms with Crippen molar-refractivity contribution in [2.24, 2.45) is 0 Å². The van der Waals surface area contributed by atoms with Gasteiger partial charge in [-0.3, -0.25) is 4.98 Å². The number of amides is 1. The molecule has 1 aliphatic heterocycles. The Balaban J connectivity index is 1.90. The zero-order valence-corrected chi connectivity index (χ0v) is 12.4. The molecule has 1 aromatic heterocycles. The number of rotatable bonds is 2. The lowest BCUT2D eigenvalue weighted by atomic mass is 10.1. The van der Waals surface area contributed by atoms with Gasteiger partial charge >= 0.3 is 6.09 Å². The van der Waals surface area contributed by atoms with E-state index in [9.17, 15) is 4.79 Å². The summed E-state index contributed by atoms with van der Waals surface area (Å²) in [5.74, 6) is 0. The largest absolute Gasteiger partial charge is 0.444 e. The minimum absolute atomic E-state index is 0.223. The minimum Gasteiger partial charge on any atom is -0.444 e. The van der Waals surface area contributed by atoms with E-state index in [1.54, 1.807) is 17.3 Å². The van der Waals surface area contributed by atoms with Crippen LogP contribution in [0.25, 0.3) is 0 Å². The van der Waals surface area contributed by atoms with Gasteiger partial charge in [0.1, 0.15) is 5.60 Å². The highest BCUT2D eigenvalue weighted by Gasteiger charge is 2.27. The number of pyridine rings is 1. The SMILES string of the molecule is CC(C)(C)OC(=O)N1CCN[C@@H](Cc2ccncc2)C1. The summed E-state index contributed by atoms with van der Waals surface area (Å²) < 4.78 is 5.42. The molecule has 0 radical (unpaired) electrons. The number of aromatic nitrogens is 1. The van der Waals surface area contributed by atoms with Crippen LogP contribution in [0.3, 0.4) is 0 Å². The van der Waals surface area contributed by atoms with Gasteiger partial charge in [0, 0.05) is 38.1 Å². The van der Waals surface area contributed by atoms with E-state index in [2.05, 4.69) is 10.3 Å². The quantitative estimate of drug-likeness (QED) is 0.896. The second kappa shape index (κ2) is 6.22. The van der Waals surface area contributed by atoms with Crippen LogP contribution in [-0.2, 0) is 11.2 Å². The summed E-state index contributed by atoms with van der Waals surface area (Å²) in [6.45, 7) is 7.85. The fourth-order valence-electron chi connectivity index (χ4n) is 2.26. The van der Waals surface area contributed by atoms with Crippen molar-refractivity contribution in [1.29, 1.82) is 0 Å². The van der Waals surface area contributed by atoms with Crippen molar-refractivity contribution in [3.63, 3.8) is 0 Å². The van der Waals surface area contributed by atoms with Crippen molar-refractivity contribution in [2.75, 3.05) is 19.6 Å². The molecule has 2 heterocycles. The highest BCUT2D eigenvalue weighted by Crippen LogP contribution is 2.13. The summed E-state index contributed by atoms with van der Waals surface area (Å²) in [5, 5.41) is 3.45. The van der Waals surface area contributed by atoms with Gasteiger partial charge in [-0.2, -0.15) is 0 Å². The summed E-state index contributed by atoms with van der Waals surface area (Å²) in [4.78, 5) is 17.9. The van der Waals surface area contributed by atoms with Gasteiger partial charge in [0.05, 0.1) is 0 Å². The maximum Gasteiger partial charge on any atom is 0.410 e. The molecule has 0 saturated carbocycles. The molecule has 1 N–H and O–H groups in total. The maximum atomic E-state index is 12.1. The summed E-state index contributed by atoms with van der Waals surface area (Å²) in [5.41, 5.74) is 0.784. The highest BCUT2D eigenvalue weighted by molar-refractivity contribution is 5.68. The van der Waals surface area contributed by atoms with Gasteiger partial charge in [-0.25, -0.2) is 4.79 Å². The van der Waals surface area contributed by atoms with E-state index in [1.807, 2.05) is 32.9 Å². The van der Waals surface area contributed by atoms with Crippen LogP contribution in [0.1, 0.15) is 26.3 Å². The molecule has 0 aliphatic carbocycles. The third kappa shape index (κ3) is 4.49. The zero-order valence-electron chi connectivity index (χ0n) is 12.4. The van der Waals surface area contributed by atoms with E-state index in [0.29, 0.717) is 13.1 Å². The van der Waals surface area contributed by atoms with Crippen molar-refractivity contribution in [3.8, 4) is 0 Å². The molecular formula is C15H23N3O2. The van der Waals surface area contributed by atoms with Crippen LogP contribution in [0.2, 0.25) is 0 Å². The number of carbonyl (C=O) groups is 1. The first-order valence-corrected chi connectivity index (χ1v) is 7.04. The topological polar surface area (TPSA) is 54.5 Å². The molecule has 110 valence electrons. The van der Waals surface area contributed by atoms with Gasteiger partial charge in [-0.1, -0.05) is 0 Å². The molecule has 0 unspecified atom stereocenters. The normalized spacial score (nSPS) is 19.8. The van der Waals surface area contributed by atoms with Crippen LogP contribution in [0.5, 0.6) is 0 Å². The van der Waals surface area contributed by atoms with E-state index in [4.69, 9.17) is 4.74 Å². The molecule has 1 saturated heterocycles. The van der Waals surface area contributed by atoms with Crippen LogP contribution in [0, 0.1) is 0 Å². The number of nitrogens with one attached hydrogen (secondary N) is 1. The lowest BCUT2D eigenvalue weighted by molar-refractivity contribution is 0.0195. The molecule has 2 rings (SSSR count). The number of ether oxygens (including phenoxy) is 1. The number of piperazine rings is 1. The van der Waals surface area contributed by atoms with Crippen LogP contribution >= 0.6 is 0 Å². The average Bonchev–Trinajstić information content (AvgIpc) is 2.38. The highest BCUT2D eigenvalue weighted by atomic mass is 16.6. The van der Waals surface area contributed by atoms with Gasteiger partial charge in [0.25, 0.3) is 0 Å². The molecule has 1 fully saturated rings. The fourth-order valence-corrected chi connectivity index (χ4v) is 2.26. The molecule has 5 nitrogen and oxygen atoms in total. The number of nitrogens with zero attached hydrogens (tertiary/aromatic N) is 2. The Hall–Kier alpha value is -1.62. The van der Waals surface area contributed by atoms with Gasteiger partial charge in [-0.15, -0.1) is 0 Å². The Morgan fingerprint density at radius 1 is 1.45 bits per heavy atom. The lowest BCUT2D eigenvalue weighted by Crippen LogP contribution is -2.54. The molecular weight excluding hydrogens is 254 g/mol. The van der Waals surface area contributed by atoms with Crippen LogP contribution in [0.15, 0.2) is 24.5 Å². The summed E-state index contributed by atoms with van der Waals surface area (Å²) in [7, 11) is 0. The maximum absolute atomic E-state index is 12.1. The monoisotopic (exact) mass is 277 g/mol. The summed E-state index contributed by atoms with van der Waals surface area (Å²) in [6, 6.07) is 4.28. The van der Waals surface area contributed by atoms with Crippen molar-refractivity contribution in [2.45, 2.75) is 38.8 Å². The average molecular weight is 277 g/mol. The van der Waals surface area contributed by atoms with Crippen molar-refractivity contribution in [1.82, 2.24) is 15.2 Å². The first-order chi connectivity index (χ1) is 9.44. The number of carbonyl (C=O) groups excluding carboxylic acids is 1. The molecule has 1 atom stereocenters. The third-order valence-corrected chi connectivity index (χ3v) is 3.14. The van der Waals surface area contributed by atoms with E-state index >= 15 is 0 Å². The molecule has 0 spiro atoms. The Kier molecular flexibility index (Phi) is 4.60. The van der Waals surface area contributed by atoms with Crippen LogP contribution < -0.4 is 5.32 Å². The molecule has 1 aliphatic rings. The molecule has 1 aromatic rings. The molecule has 0 bridgehead atoms. The summed E-state index contributed by atoms with van der Waals surface area (Å²) >= 11 is 0. The summed E-state index contributed by atoms with van der Waals surface area (Å²) in [6.07, 6.45) is 4.26. The number of hydrogen-bond donors (Lipinski definition) is 1. The second-order valence-corrected chi connectivity index (χ2v) is 6.14. The van der Waals surface area contributed by atoms with Gasteiger partial charge in [0.2, 0.25) is 0 Å². The van der Waals surface area contributed by atoms with Crippen molar-refractivity contribution >= 4 is 6.09 Å². The molecule has 20 heavy (non-hydrogen) atoms. The van der Waals surface area contributed by atoms with E-state index in [0.717, 1.165) is 13.0 Å². The van der Waals surface area contributed by atoms with E-state index < -0.39 is 5.60 Å². The lowest BCUT2D eigenvalue weighted by Gasteiger charge is -2.35. The minimum atomic E-state index is -0.442. The number of hydrogen-bond acceptors (Lipinski definition) is 4. The Morgan fingerprint density at radius 3 is 2.80 bits per heavy atom. The smallest absolute Gasteiger partial charge is 0.410 e. The van der Waals surface area contributed by atoms with Crippen LogP contribution in [0.4, 0.5) is 4.79 Å². The fraction of sp³-hybridized carbons (Fsp3) is 0.600. The Morgan fingerprint density at radius 2 is 2.15 bits per heavy atom. The predicted molar refractivity (Wildman–Crippen MR) is 77.5 cm³/mol. The van der Waals surface area contributed by atoms with E-state index in [-0.39, 0.29) is 12.1 Å². The van der Waals surface area contributed by atoms with Crippen molar-refractivity contribution < 1.29 is 9.53 Å². The zero-order chi connectivity index (χ0) is 14.6. The Bertz CT molecular complexity index is 442. The first kappa shape index (κ1) is 14.8. The van der Waals surface area contributed by atoms with Crippen LogP contribution in [-0.4, -0.2) is 47.3 Å². The standard InChI is InChI=1S/C15H23N3O2/c1-15(2,3)20-14(19)18-9-8-17-13(11-18)10-12-4-6-16-7-5-12/h4-7,13,17H,8-11H2,1-3H3/t13-/m0/s1. The predicted octanol–water partition coefficient (Wildman–Crippen LogP) is 1.83. The van der Waals surface area contributed by atoms with Gasteiger partial charge < -0.3 is 15.0 Å². The molecule has 1 amide bonds. The first-order valence-electron chi connectivity index (χ1n) is 7.04. The third-order valence-electron chi connectivity index (χ3n) is 3.14. The van der Waals surface area contributed by atoms with E-state index in [1.165, 1.54) is 5.56 Å². The van der Waals surface area contributed by atoms with Gasteiger partial charge in [0.15, 0.2) is 0 Å². The Labute approximate surface area is 120 Å². The molecule has 5 heteroatoms. The van der Waals surface area contributed by atoms with Gasteiger partial charge in [-0.05, 0) is 44.9 Å². The molecule has 0 aromatic carbocycles.